The lowest BCUT2D eigenvalue weighted by Crippen LogP contribution is -2.29. The first kappa shape index (κ1) is 15.9. The third-order valence-corrected chi connectivity index (χ3v) is 5.82. The first-order valence-electron chi connectivity index (χ1n) is 7.40. The third kappa shape index (κ3) is 3.21. The Morgan fingerprint density at radius 3 is 2.61 bits per heavy atom. The summed E-state index contributed by atoms with van der Waals surface area (Å²) in [6, 6.07) is 12.1. The summed E-state index contributed by atoms with van der Waals surface area (Å²) in [5.74, 6) is 0.0258. The number of amides is 1. The molecule has 1 aromatic carbocycles. The van der Waals surface area contributed by atoms with Crippen LogP contribution in [0.4, 0.5) is 0 Å². The highest BCUT2D eigenvalue weighted by Gasteiger charge is 2.23. The number of aromatic nitrogens is 1. The predicted molar refractivity (Wildman–Crippen MR) is 97.1 cm³/mol. The van der Waals surface area contributed by atoms with Crippen molar-refractivity contribution in [2.45, 2.75) is 19.9 Å². The predicted octanol–water partition coefficient (Wildman–Crippen LogP) is 5.01. The maximum absolute atomic E-state index is 12.9. The molecule has 0 spiro atoms. The summed E-state index contributed by atoms with van der Waals surface area (Å²) in [6.07, 6.45) is 0. The lowest BCUT2D eigenvalue weighted by atomic mass is 10.1. The number of thiophene rings is 1. The monoisotopic (exact) mass is 342 g/mol. The lowest BCUT2D eigenvalue weighted by molar-refractivity contribution is 0.0746. The van der Waals surface area contributed by atoms with Crippen LogP contribution >= 0.6 is 22.7 Å². The molecule has 0 fully saturated rings. The van der Waals surface area contributed by atoms with Gasteiger partial charge in [0.05, 0.1) is 11.7 Å². The standard InChI is InChI=1S/C18H18N2OS2/c1-12-16(23-17(19-12)15-9-10-22-11-15)18(21)20(3)13(2)14-7-5-4-6-8-14/h4-11,13H,1-3H3/t13-/m1/s1. The Morgan fingerprint density at radius 1 is 1.22 bits per heavy atom. The molecule has 0 aliphatic heterocycles. The molecule has 2 heterocycles. The number of hydrogen-bond acceptors (Lipinski definition) is 4. The molecule has 1 amide bonds. The fraction of sp³-hybridized carbons (Fsp3) is 0.222. The molecule has 3 rings (SSSR count). The van der Waals surface area contributed by atoms with Crippen LogP contribution in [0.5, 0.6) is 0 Å². The Morgan fingerprint density at radius 2 is 1.96 bits per heavy atom. The average Bonchev–Trinajstić information content (AvgIpc) is 3.23. The summed E-state index contributed by atoms with van der Waals surface area (Å²) < 4.78 is 0. The second-order valence-corrected chi connectivity index (χ2v) is 7.23. The van der Waals surface area contributed by atoms with E-state index in [1.165, 1.54) is 11.3 Å². The van der Waals surface area contributed by atoms with Crippen LogP contribution in [0.1, 0.15) is 33.9 Å². The van der Waals surface area contributed by atoms with E-state index < -0.39 is 0 Å². The van der Waals surface area contributed by atoms with Gasteiger partial charge in [0, 0.05) is 18.0 Å². The number of rotatable bonds is 4. The molecular formula is C18H18N2OS2. The second kappa shape index (κ2) is 6.64. The highest BCUT2D eigenvalue weighted by molar-refractivity contribution is 7.17. The number of carbonyl (C=O) groups excluding carboxylic acids is 1. The maximum Gasteiger partial charge on any atom is 0.266 e. The van der Waals surface area contributed by atoms with Crippen LogP contribution in [0.25, 0.3) is 10.6 Å². The van der Waals surface area contributed by atoms with Gasteiger partial charge in [0.1, 0.15) is 9.88 Å². The Labute approximate surface area is 144 Å². The van der Waals surface area contributed by atoms with E-state index in [-0.39, 0.29) is 11.9 Å². The number of carbonyl (C=O) groups is 1. The molecule has 3 aromatic rings. The van der Waals surface area contributed by atoms with Crippen LogP contribution in [0.2, 0.25) is 0 Å². The van der Waals surface area contributed by atoms with Crippen molar-refractivity contribution in [1.29, 1.82) is 0 Å². The van der Waals surface area contributed by atoms with Crippen molar-refractivity contribution in [3.05, 3.63) is 63.3 Å². The summed E-state index contributed by atoms with van der Waals surface area (Å²) in [4.78, 5) is 19.9. The number of aryl methyl sites for hydroxylation is 1. The molecule has 0 unspecified atom stereocenters. The van der Waals surface area contributed by atoms with Crippen molar-refractivity contribution in [3.63, 3.8) is 0 Å². The number of nitrogens with zero attached hydrogens (tertiary/aromatic N) is 2. The van der Waals surface area contributed by atoms with Crippen LogP contribution in [0.15, 0.2) is 47.2 Å². The van der Waals surface area contributed by atoms with Gasteiger partial charge in [-0.15, -0.1) is 11.3 Å². The van der Waals surface area contributed by atoms with Crippen LogP contribution in [0, 0.1) is 6.92 Å². The SMILES string of the molecule is Cc1nc(-c2ccsc2)sc1C(=O)N(C)[C@H](C)c1ccccc1. The van der Waals surface area contributed by atoms with Gasteiger partial charge < -0.3 is 4.90 Å². The molecule has 0 aliphatic carbocycles. The normalized spacial score (nSPS) is 12.1. The van der Waals surface area contributed by atoms with Gasteiger partial charge in [-0.1, -0.05) is 30.3 Å². The van der Waals surface area contributed by atoms with Gasteiger partial charge in [0.25, 0.3) is 5.91 Å². The molecule has 3 nitrogen and oxygen atoms in total. The van der Waals surface area contributed by atoms with Crippen LogP contribution in [0.3, 0.4) is 0 Å². The zero-order chi connectivity index (χ0) is 16.4. The number of hydrogen-bond donors (Lipinski definition) is 0. The van der Waals surface area contributed by atoms with E-state index in [9.17, 15) is 4.79 Å². The summed E-state index contributed by atoms with van der Waals surface area (Å²) in [6.45, 7) is 3.95. The number of thiazole rings is 1. The molecule has 0 bridgehead atoms. The Kier molecular flexibility index (Phi) is 4.59. The van der Waals surface area contributed by atoms with E-state index >= 15 is 0 Å². The zero-order valence-corrected chi connectivity index (χ0v) is 14.9. The third-order valence-electron chi connectivity index (χ3n) is 3.94. The highest BCUT2D eigenvalue weighted by atomic mass is 32.1. The maximum atomic E-state index is 12.9. The molecule has 0 aliphatic rings. The molecule has 0 N–H and O–H groups in total. The number of benzene rings is 1. The van der Waals surface area contributed by atoms with E-state index in [1.54, 1.807) is 16.2 Å². The van der Waals surface area contributed by atoms with Gasteiger partial charge in [0.2, 0.25) is 0 Å². The van der Waals surface area contributed by atoms with E-state index in [4.69, 9.17) is 0 Å². The Hall–Kier alpha value is -1.98. The van der Waals surface area contributed by atoms with Crippen molar-refractivity contribution >= 4 is 28.6 Å². The summed E-state index contributed by atoms with van der Waals surface area (Å²) >= 11 is 3.11. The fourth-order valence-electron chi connectivity index (χ4n) is 2.40. The van der Waals surface area contributed by atoms with Gasteiger partial charge in [-0.3, -0.25) is 4.79 Å². The van der Waals surface area contributed by atoms with E-state index in [0.29, 0.717) is 0 Å². The average molecular weight is 342 g/mol. The molecule has 2 aromatic heterocycles. The van der Waals surface area contributed by atoms with Gasteiger partial charge in [0.15, 0.2) is 0 Å². The first-order valence-corrected chi connectivity index (χ1v) is 9.16. The summed E-state index contributed by atoms with van der Waals surface area (Å²) in [5.41, 5.74) is 3.01. The largest absolute Gasteiger partial charge is 0.334 e. The van der Waals surface area contributed by atoms with E-state index in [1.807, 2.05) is 62.7 Å². The van der Waals surface area contributed by atoms with Crippen molar-refractivity contribution < 1.29 is 4.79 Å². The first-order chi connectivity index (χ1) is 11.1. The Bertz CT molecular complexity index is 794. The van der Waals surface area contributed by atoms with Crippen molar-refractivity contribution in [1.82, 2.24) is 9.88 Å². The molecule has 0 radical (unpaired) electrons. The molecule has 1 atom stereocenters. The van der Waals surface area contributed by atoms with Crippen LogP contribution in [-0.4, -0.2) is 22.8 Å². The van der Waals surface area contributed by atoms with Crippen molar-refractivity contribution in [2.75, 3.05) is 7.05 Å². The fourth-order valence-corrected chi connectivity index (χ4v) is 4.16. The van der Waals surface area contributed by atoms with Crippen molar-refractivity contribution in [3.8, 4) is 10.6 Å². The van der Waals surface area contributed by atoms with Gasteiger partial charge in [-0.05, 0) is 30.9 Å². The smallest absolute Gasteiger partial charge is 0.266 e. The van der Waals surface area contributed by atoms with Crippen molar-refractivity contribution in [2.24, 2.45) is 0 Å². The molecule has 23 heavy (non-hydrogen) atoms. The van der Waals surface area contributed by atoms with E-state index in [0.717, 1.165) is 26.7 Å². The summed E-state index contributed by atoms with van der Waals surface area (Å²) in [7, 11) is 1.85. The molecule has 5 heteroatoms. The minimum atomic E-state index is 0.0230. The van der Waals surface area contributed by atoms with Gasteiger partial charge in [-0.2, -0.15) is 11.3 Å². The van der Waals surface area contributed by atoms with E-state index in [2.05, 4.69) is 10.4 Å². The Balaban J connectivity index is 1.85. The van der Waals surface area contributed by atoms with Crippen LogP contribution in [-0.2, 0) is 0 Å². The molecule has 0 saturated carbocycles. The topological polar surface area (TPSA) is 33.2 Å². The highest BCUT2D eigenvalue weighted by Crippen LogP contribution is 2.31. The minimum Gasteiger partial charge on any atom is -0.334 e. The van der Waals surface area contributed by atoms with Gasteiger partial charge >= 0.3 is 0 Å². The quantitative estimate of drug-likeness (QED) is 0.667. The van der Waals surface area contributed by atoms with Crippen LogP contribution < -0.4 is 0 Å². The second-order valence-electron chi connectivity index (χ2n) is 5.45. The molecule has 0 saturated heterocycles. The summed E-state index contributed by atoms with van der Waals surface area (Å²) in [5, 5.41) is 4.99. The lowest BCUT2D eigenvalue weighted by Gasteiger charge is -2.25. The van der Waals surface area contributed by atoms with Gasteiger partial charge in [-0.25, -0.2) is 4.98 Å². The minimum absolute atomic E-state index is 0.0230. The molecular weight excluding hydrogens is 324 g/mol. The zero-order valence-electron chi connectivity index (χ0n) is 13.3. The molecule has 118 valence electrons.